The van der Waals surface area contributed by atoms with Gasteiger partial charge in [-0.3, -0.25) is 4.79 Å². The van der Waals surface area contributed by atoms with Gasteiger partial charge in [0, 0.05) is 11.9 Å². The molecule has 1 aliphatic rings. The highest BCUT2D eigenvalue weighted by Gasteiger charge is 2.52. The molecule has 0 aliphatic carbocycles. The largest absolute Gasteiger partial charge is 0.503 e. The Hall–Kier alpha value is -3.68. The summed E-state index contributed by atoms with van der Waals surface area (Å²) in [6.07, 6.45) is 1.84. The van der Waals surface area contributed by atoms with Gasteiger partial charge in [0.05, 0.1) is 5.52 Å². The van der Waals surface area contributed by atoms with Crippen LogP contribution in [0.25, 0.3) is 10.9 Å². The van der Waals surface area contributed by atoms with E-state index in [0.717, 1.165) is 45.2 Å². The molecule has 1 N–H and O–H groups in total. The number of para-hydroxylation sites is 1. The van der Waals surface area contributed by atoms with E-state index in [1.54, 1.807) is 0 Å². The van der Waals surface area contributed by atoms with Crippen LogP contribution >= 0.6 is 7.26 Å². The summed E-state index contributed by atoms with van der Waals surface area (Å²) in [5.74, 6) is 0.116. The Bertz CT molecular complexity index is 1450. The number of rotatable bonds is 4. The van der Waals surface area contributed by atoms with Crippen molar-refractivity contribution in [2.75, 3.05) is 0 Å². The predicted octanol–water partition coefficient (Wildman–Crippen LogP) is 4.27. The summed E-state index contributed by atoms with van der Waals surface area (Å²) >= 11 is 0. The molecule has 4 aromatic carbocycles. The first-order chi connectivity index (χ1) is 16.7. The molecule has 1 aliphatic heterocycles. The smallest absolute Gasteiger partial charge is 0.298 e. The van der Waals surface area contributed by atoms with E-state index < -0.39 is 7.26 Å². The highest BCUT2D eigenvalue weighted by molar-refractivity contribution is 8.01. The number of aromatic nitrogens is 1. The Balaban J connectivity index is 1.86. The van der Waals surface area contributed by atoms with Gasteiger partial charge < -0.3 is 9.67 Å². The molecule has 0 atom stereocenters. The van der Waals surface area contributed by atoms with Crippen LogP contribution in [0.3, 0.4) is 0 Å². The van der Waals surface area contributed by atoms with Crippen LogP contribution in [-0.4, -0.2) is 9.67 Å². The summed E-state index contributed by atoms with van der Waals surface area (Å²) in [5, 5.41) is 16.4. The zero-order valence-electron chi connectivity index (χ0n) is 18.8. The highest BCUT2D eigenvalue weighted by atomic mass is 31.2. The standard InChI is InChI=1S/C30H24NO2P/c32-28-26-20-10-12-22-13-11-21-31(27(22)26)30(33)29(28)34(23-14-4-1-5-15-23,24-16-6-2-7-17-24)25-18-8-3-9-19-25/h1-10,12,14-20H,11,13,21H2/p+1. The molecule has 1 aromatic heterocycles. The molecule has 0 spiro atoms. The van der Waals surface area contributed by atoms with E-state index in [4.69, 9.17) is 0 Å². The lowest BCUT2D eigenvalue weighted by molar-refractivity contribution is 0.482. The maximum Gasteiger partial charge on any atom is 0.298 e. The van der Waals surface area contributed by atoms with Crippen molar-refractivity contribution in [3.8, 4) is 5.75 Å². The van der Waals surface area contributed by atoms with Crippen LogP contribution in [0.1, 0.15) is 12.0 Å². The van der Waals surface area contributed by atoms with E-state index in [9.17, 15) is 9.90 Å². The van der Waals surface area contributed by atoms with Crippen LogP contribution in [-0.2, 0) is 13.0 Å². The van der Waals surface area contributed by atoms with Crippen molar-refractivity contribution in [2.45, 2.75) is 19.4 Å². The SMILES string of the molecule is O=c1c([P+](c2ccccc2)(c2ccccc2)c2ccccc2)c(O)c2cccc3c2n1CCC3. The number of benzene rings is 4. The van der Waals surface area contributed by atoms with E-state index >= 15 is 0 Å². The number of pyridine rings is 1. The van der Waals surface area contributed by atoms with Gasteiger partial charge in [0.15, 0.2) is 13.0 Å². The second-order valence-electron chi connectivity index (χ2n) is 8.75. The molecule has 3 nitrogen and oxygen atoms in total. The molecule has 0 amide bonds. The summed E-state index contributed by atoms with van der Waals surface area (Å²) in [5.41, 5.74) is 1.93. The molecule has 4 heteroatoms. The average molecular weight is 463 g/mol. The molecule has 0 bridgehead atoms. The molecule has 34 heavy (non-hydrogen) atoms. The van der Waals surface area contributed by atoms with E-state index in [1.165, 1.54) is 0 Å². The third-order valence-electron chi connectivity index (χ3n) is 6.91. The first-order valence-corrected chi connectivity index (χ1v) is 13.5. The fourth-order valence-electron chi connectivity index (χ4n) is 5.49. The first kappa shape index (κ1) is 20.9. The molecule has 0 unspecified atom stereocenters. The van der Waals surface area contributed by atoms with Gasteiger partial charge in [0.1, 0.15) is 15.9 Å². The van der Waals surface area contributed by atoms with Gasteiger partial charge in [-0.15, -0.1) is 0 Å². The predicted molar refractivity (Wildman–Crippen MR) is 143 cm³/mol. The fourth-order valence-corrected chi connectivity index (χ4v) is 9.87. The van der Waals surface area contributed by atoms with Crippen molar-refractivity contribution in [3.05, 3.63) is 125 Å². The highest BCUT2D eigenvalue weighted by Crippen LogP contribution is 2.55. The monoisotopic (exact) mass is 462 g/mol. The Kier molecular flexibility index (Phi) is 5.08. The minimum atomic E-state index is -2.70. The fraction of sp³-hybridized carbons (Fsp3) is 0.100. The van der Waals surface area contributed by atoms with E-state index in [2.05, 4.69) is 42.5 Å². The van der Waals surface area contributed by atoms with Crippen molar-refractivity contribution in [1.29, 1.82) is 0 Å². The summed E-state index contributed by atoms with van der Waals surface area (Å²) in [7, 11) is -2.70. The van der Waals surface area contributed by atoms with Crippen LogP contribution in [0.4, 0.5) is 0 Å². The topological polar surface area (TPSA) is 42.2 Å². The van der Waals surface area contributed by atoms with Crippen LogP contribution in [0.5, 0.6) is 5.75 Å². The lowest BCUT2D eigenvalue weighted by Crippen LogP contribution is -2.47. The zero-order chi connectivity index (χ0) is 23.1. The summed E-state index contributed by atoms with van der Waals surface area (Å²) in [6, 6.07) is 36.7. The molecule has 0 fully saturated rings. The Labute approximate surface area is 199 Å². The summed E-state index contributed by atoms with van der Waals surface area (Å²) in [4.78, 5) is 14.4. The van der Waals surface area contributed by atoms with Crippen molar-refractivity contribution >= 4 is 39.4 Å². The van der Waals surface area contributed by atoms with Gasteiger partial charge >= 0.3 is 0 Å². The Morgan fingerprint density at radius 2 is 1.21 bits per heavy atom. The van der Waals surface area contributed by atoms with Crippen molar-refractivity contribution in [2.24, 2.45) is 0 Å². The Morgan fingerprint density at radius 1 is 0.676 bits per heavy atom. The Morgan fingerprint density at radius 3 is 1.74 bits per heavy atom. The molecule has 5 aromatic rings. The van der Waals surface area contributed by atoms with E-state index in [0.29, 0.717) is 11.8 Å². The minimum Gasteiger partial charge on any atom is -0.503 e. The minimum absolute atomic E-state index is 0.0814. The van der Waals surface area contributed by atoms with Crippen molar-refractivity contribution < 1.29 is 5.11 Å². The number of hydrogen-bond acceptors (Lipinski definition) is 2. The molecular formula is C30H25NO2P+. The number of hydrogen-bond donors (Lipinski definition) is 1. The van der Waals surface area contributed by atoms with Gasteiger partial charge in [-0.1, -0.05) is 66.7 Å². The zero-order valence-corrected chi connectivity index (χ0v) is 19.7. The second-order valence-corrected chi connectivity index (χ2v) is 12.1. The normalized spacial score (nSPS) is 13.2. The summed E-state index contributed by atoms with van der Waals surface area (Å²) in [6.45, 7) is 0.665. The van der Waals surface area contributed by atoms with Crippen LogP contribution in [0.2, 0.25) is 0 Å². The lowest BCUT2D eigenvalue weighted by atomic mass is 10.0. The number of nitrogens with zero attached hydrogens (tertiary/aromatic N) is 1. The van der Waals surface area contributed by atoms with Crippen LogP contribution in [0.15, 0.2) is 114 Å². The van der Waals surface area contributed by atoms with Crippen molar-refractivity contribution in [1.82, 2.24) is 4.57 Å². The molecule has 0 saturated heterocycles. The van der Waals surface area contributed by atoms with Gasteiger partial charge in [-0.05, 0) is 60.9 Å². The molecule has 6 rings (SSSR count). The maximum atomic E-state index is 14.4. The average Bonchev–Trinajstić information content (AvgIpc) is 2.91. The second kappa shape index (κ2) is 8.27. The molecule has 2 heterocycles. The molecule has 0 saturated carbocycles. The quantitative estimate of drug-likeness (QED) is 0.406. The third-order valence-corrected chi connectivity index (χ3v) is 11.2. The van der Waals surface area contributed by atoms with E-state index in [-0.39, 0.29) is 11.3 Å². The first-order valence-electron chi connectivity index (χ1n) is 11.7. The number of aromatic hydroxyl groups is 1. The van der Waals surface area contributed by atoms with Gasteiger partial charge in [0.2, 0.25) is 5.30 Å². The van der Waals surface area contributed by atoms with Gasteiger partial charge in [-0.2, -0.15) is 0 Å². The van der Waals surface area contributed by atoms with Gasteiger partial charge in [-0.25, -0.2) is 0 Å². The number of aryl methyl sites for hydroxylation is 2. The maximum absolute atomic E-state index is 14.4. The van der Waals surface area contributed by atoms with Crippen molar-refractivity contribution in [3.63, 3.8) is 0 Å². The third kappa shape index (κ3) is 2.97. The molecule has 166 valence electrons. The molecular weight excluding hydrogens is 437 g/mol. The van der Waals surface area contributed by atoms with E-state index in [1.807, 2.05) is 71.3 Å². The van der Waals surface area contributed by atoms with Gasteiger partial charge in [0.25, 0.3) is 5.56 Å². The lowest BCUT2D eigenvalue weighted by Gasteiger charge is -2.29. The van der Waals surface area contributed by atoms with Crippen LogP contribution < -0.4 is 26.8 Å². The summed E-state index contributed by atoms with van der Waals surface area (Å²) < 4.78 is 1.91. The van der Waals surface area contributed by atoms with Crippen LogP contribution in [0, 0.1) is 0 Å². The molecule has 0 radical (unpaired) electrons.